The van der Waals surface area contributed by atoms with Crippen LogP contribution in [0.15, 0.2) is 0 Å². The smallest absolute Gasteiger partial charge is 0.321 e. The zero-order valence-corrected chi connectivity index (χ0v) is 9.98. The van der Waals surface area contributed by atoms with Crippen LogP contribution in [0.25, 0.3) is 0 Å². The third kappa shape index (κ3) is 3.75. The lowest BCUT2D eigenvalue weighted by Crippen LogP contribution is -2.52. The summed E-state index contributed by atoms with van der Waals surface area (Å²) in [4.78, 5) is 24.4. The van der Waals surface area contributed by atoms with Crippen molar-refractivity contribution < 1.29 is 14.7 Å². The number of amides is 1. The maximum atomic E-state index is 11.5. The molecule has 5 heteroatoms. The fraction of sp³-hybridized carbons (Fsp3) is 0.667. The van der Waals surface area contributed by atoms with Gasteiger partial charge < -0.3 is 10.4 Å². The van der Waals surface area contributed by atoms with E-state index in [2.05, 4.69) is 11.2 Å². The summed E-state index contributed by atoms with van der Waals surface area (Å²) in [5.41, 5.74) is 0. The third-order valence-corrected chi connectivity index (χ3v) is 3.02. The van der Waals surface area contributed by atoms with E-state index >= 15 is 0 Å². The van der Waals surface area contributed by atoms with Crippen molar-refractivity contribution in [2.75, 3.05) is 19.6 Å². The Morgan fingerprint density at radius 1 is 1.59 bits per heavy atom. The first-order valence-electron chi connectivity index (χ1n) is 5.73. The fourth-order valence-electron chi connectivity index (χ4n) is 2.24. The van der Waals surface area contributed by atoms with Crippen LogP contribution in [0.3, 0.4) is 0 Å². The molecule has 1 rings (SSSR count). The number of terminal acetylenes is 1. The van der Waals surface area contributed by atoms with Crippen molar-refractivity contribution in [1.29, 1.82) is 0 Å². The van der Waals surface area contributed by atoms with Crippen LogP contribution in [0, 0.1) is 18.3 Å². The van der Waals surface area contributed by atoms with Gasteiger partial charge in [0.05, 0.1) is 13.1 Å². The topological polar surface area (TPSA) is 69.6 Å². The molecule has 0 aliphatic carbocycles. The highest BCUT2D eigenvalue weighted by atomic mass is 16.4. The van der Waals surface area contributed by atoms with Gasteiger partial charge in [0, 0.05) is 0 Å². The molecular weight excluding hydrogens is 220 g/mol. The summed E-state index contributed by atoms with van der Waals surface area (Å²) in [5, 5.41) is 11.7. The van der Waals surface area contributed by atoms with Crippen molar-refractivity contribution in [3.8, 4) is 12.3 Å². The molecule has 5 nitrogen and oxygen atoms in total. The number of carbonyl (C=O) groups excluding carboxylic acids is 1. The minimum Gasteiger partial charge on any atom is -0.480 e. The van der Waals surface area contributed by atoms with Gasteiger partial charge in [-0.05, 0) is 25.3 Å². The highest BCUT2D eigenvalue weighted by Crippen LogP contribution is 2.23. The third-order valence-electron chi connectivity index (χ3n) is 3.02. The van der Waals surface area contributed by atoms with Gasteiger partial charge in [-0.3, -0.25) is 14.5 Å². The highest BCUT2D eigenvalue weighted by molar-refractivity contribution is 5.80. The van der Waals surface area contributed by atoms with E-state index < -0.39 is 12.0 Å². The van der Waals surface area contributed by atoms with Crippen LogP contribution in [0.4, 0.5) is 0 Å². The molecular formula is C12H18N2O3. The Balaban J connectivity index is 2.58. The van der Waals surface area contributed by atoms with Crippen LogP contribution in [0.5, 0.6) is 0 Å². The molecule has 0 spiro atoms. The minimum absolute atomic E-state index is 0.0710. The van der Waals surface area contributed by atoms with E-state index in [-0.39, 0.29) is 24.9 Å². The largest absolute Gasteiger partial charge is 0.480 e. The molecule has 1 amide bonds. The van der Waals surface area contributed by atoms with Crippen molar-refractivity contribution in [3.63, 3.8) is 0 Å². The number of hydrogen-bond acceptors (Lipinski definition) is 3. The number of carbonyl (C=O) groups is 2. The Morgan fingerprint density at radius 3 is 2.88 bits per heavy atom. The molecule has 0 aromatic carbocycles. The highest BCUT2D eigenvalue weighted by Gasteiger charge is 2.34. The van der Waals surface area contributed by atoms with Crippen molar-refractivity contribution >= 4 is 11.9 Å². The monoisotopic (exact) mass is 238 g/mol. The Kier molecular flexibility index (Phi) is 4.98. The first-order chi connectivity index (χ1) is 8.06. The molecule has 0 aromatic heterocycles. The van der Waals surface area contributed by atoms with Crippen LogP contribution in [-0.4, -0.2) is 47.6 Å². The number of piperidine rings is 1. The lowest BCUT2D eigenvalue weighted by molar-refractivity contribution is -0.147. The molecule has 2 N–H and O–H groups in total. The minimum atomic E-state index is -0.859. The van der Waals surface area contributed by atoms with Crippen LogP contribution in [0.2, 0.25) is 0 Å². The predicted octanol–water partition coefficient (Wildman–Crippen LogP) is -0.0791. The SMILES string of the molecule is C#CCNC(=O)CN1CCCC(C)C1C(=O)O. The van der Waals surface area contributed by atoms with E-state index in [0.29, 0.717) is 6.54 Å². The average Bonchev–Trinajstić information content (AvgIpc) is 2.25. The summed E-state index contributed by atoms with van der Waals surface area (Å²) < 4.78 is 0. The van der Waals surface area contributed by atoms with Gasteiger partial charge in [0.2, 0.25) is 5.91 Å². The number of carboxylic acid groups (broad SMARTS) is 1. The van der Waals surface area contributed by atoms with Gasteiger partial charge in [-0.15, -0.1) is 6.42 Å². The van der Waals surface area contributed by atoms with Gasteiger partial charge in [-0.1, -0.05) is 12.8 Å². The average molecular weight is 238 g/mol. The van der Waals surface area contributed by atoms with E-state index in [1.165, 1.54) is 0 Å². The van der Waals surface area contributed by atoms with E-state index in [4.69, 9.17) is 11.5 Å². The second-order valence-electron chi connectivity index (χ2n) is 4.35. The van der Waals surface area contributed by atoms with Gasteiger partial charge in [-0.2, -0.15) is 0 Å². The van der Waals surface area contributed by atoms with Gasteiger partial charge >= 0.3 is 5.97 Å². The molecule has 2 unspecified atom stereocenters. The fourth-order valence-corrected chi connectivity index (χ4v) is 2.24. The molecule has 1 aliphatic rings. The second-order valence-corrected chi connectivity index (χ2v) is 4.35. The first-order valence-corrected chi connectivity index (χ1v) is 5.73. The number of likely N-dealkylation sites (tertiary alicyclic amines) is 1. The molecule has 0 bridgehead atoms. The maximum Gasteiger partial charge on any atom is 0.321 e. The zero-order chi connectivity index (χ0) is 12.8. The summed E-state index contributed by atoms with van der Waals surface area (Å²) in [6.07, 6.45) is 6.85. The first kappa shape index (κ1) is 13.5. The van der Waals surface area contributed by atoms with Crippen LogP contribution in [0.1, 0.15) is 19.8 Å². The Bertz CT molecular complexity index is 335. The standard InChI is InChI=1S/C12H18N2O3/c1-3-6-13-10(15)8-14-7-4-5-9(2)11(14)12(16)17/h1,9,11H,4-8H2,2H3,(H,13,15)(H,16,17). The Hall–Kier alpha value is -1.54. The zero-order valence-electron chi connectivity index (χ0n) is 9.98. The van der Waals surface area contributed by atoms with Crippen molar-refractivity contribution in [1.82, 2.24) is 10.2 Å². The van der Waals surface area contributed by atoms with Crippen LogP contribution >= 0.6 is 0 Å². The number of rotatable bonds is 4. The number of aliphatic carboxylic acids is 1. The van der Waals surface area contributed by atoms with Gasteiger partial charge in [0.15, 0.2) is 0 Å². The van der Waals surface area contributed by atoms with Gasteiger partial charge in [0.25, 0.3) is 0 Å². The number of nitrogens with zero attached hydrogens (tertiary/aromatic N) is 1. The summed E-state index contributed by atoms with van der Waals surface area (Å²) in [7, 11) is 0. The molecule has 0 saturated carbocycles. The maximum absolute atomic E-state index is 11.5. The molecule has 1 fully saturated rings. The van der Waals surface area contributed by atoms with E-state index in [1.54, 1.807) is 4.90 Å². The van der Waals surface area contributed by atoms with Gasteiger partial charge in [0.1, 0.15) is 6.04 Å². The van der Waals surface area contributed by atoms with Crippen molar-refractivity contribution in [3.05, 3.63) is 0 Å². The molecule has 1 aliphatic heterocycles. The molecule has 2 atom stereocenters. The van der Waals surface area contributed by atoms with E-state index in [0.717, 1.165) is 12.8 Å². The molecule has 0 aromatic rings. The number of nitrogens with one attached hydrogen (secondary N) is 1. The second kappa shape index (κ2) is 6.26. The molecule has 1 saturated heterocycles. The lowest BCUT2D eigenvalue weighted by atomic mass is 9.91. The van der Waals surface area contributed by atoms with Gasteiger partial charge in [-0.25, -0.2) is 0 Å². The van der Waals surface area contributed by atoms with Crippen molar-refractivity contribution in [2.24, 2.45) is 5.92 Å². The number of hydrogen-bond donors (Lipinski definition) is 2. The molecule has 1 heterocycles. The Morgan fingerprint density at radius 2 is 2.29 bits per heavy atom. The predicted molar refractivity (Wildman–Crippen MR) is 63.2 cm³/mol. The molecule has 0 radical (unpaired) electrons. The lowest BCUT2D eigenvalue weighted by Gasteiger charge is -2.36. The quantitative estimate of drug-likeness (QED) is 0.672. The Labute approximate surface area is 101 Å². The van der Waals surface area contributed by atoms with E-state index in [9.17, 15) is 9.59 Å². The molecule has 94 valence electrons. The number of carboxylic acids is 1. The van der Waals surface area contributed by atoms with Crippen LogP contribution < -0.4 is 5.32 Å². The summed E-state index contributed by atoms with van der Waals surface area (Å²) >= 11 is 0. The summed E-state index contributed by atoms with van der Waals surface area (Å²) in [6, 6.07) is -0.569. The van der Waals surface area contributed by atoms with E-state index in [1.807, 2.05) is 6.92 Å². The van der Waals surface area contributed by atoms with Crippen molar-refractivity contribution in [2.45, 2.75) is 25.8 Å². The summed E-state index contributed by atoms with van der Waals surface area (Å²) in [6.45, 7) is 2.83. The summed E-state index contributed by atoms with van der Waals surface area (Å²) in [5.74, 6) is 1.30. The molecule has 17 heavy (non-hydrogen) atoms. The normalized spacial score (nSPS) is 24.9. The van der Waals surface area contributed by atoms with Crippen LogP contribution in [-0.2, 0) is 9.59 Å².